The van der Waals surface area contributed by atoms with Gasteiger partial charge in [-0.05, 0) is 45.4 Å². The molecule has 0 fully saturated rings. The molecule has 0 amide bonds. The highest BCUT2D eigenvalue weighted by atomic mass is 31.2. The van der Waals surface area contributed by atoms with Gasteiger partial charge in [0.15, 0.2) is 0 Å². The fourth-order valence-electron chi connectivity index (χ4n) is 4.63. The maximum atomic E-state index is 6.77. The van der Waals surface area contributed by atoms with Gasteiger partial charge in [-0.25, -0.2) is 0 Å². The fraction of sp³-hybridized carbons (Fsp3) is 0.471. The van der Waals surface area contributed by atoms with E-state index < -0.39 is 8.60 Å². The lowest BCUT2D eigenvalue weighted by atomic mass is 9.75. The largest absolute Gasteiger partial charge is 0.530 e. The first-order valence-corrected chi connectivity index (χ1v) is 14.7. The van der Waals surface area contributed by atoms with Crippen molar-refractivity contribution in [1.29, 1.82) is 0 Å². The van der Waals surface area contributed by atoms with Crippen molar-refractivity contribution in [2.75, 3.05) is 0 Å². The Bertz CT molecular complexity index is 1170. The van der Waals surface area contributed by atoms with Crippen LogP contribution < -0.4 is 13.6 Å². The van der Waals surface area contributed by atoms with Gasteiger partial charge in [0.2, 0.25) is 0 Å². The highest BCUT2D eigenvalue weighted by Crippen LogP contribution is 2.50. The van der Waals surface area contributed by atoms with E-state index in [0.29, 0.717) is 0 Å². The Kier molecular flexibility index (Phi) is 8.64. The minimum atomic E-state index is -1.83. The summed E-state index contributed by atoms with van der Waals surface area (Å²) in [4.78, 5) is 0. The first-order chi connectivity index (χ1) is 17.4. The van der Waals surface area contributed by atoms with Crippen LogP contribution in [0.25, 0.3) is 0 Å². The molecule has 3 aromatic rings. The molecule has 0 aliphatic rings. The lowest BCUT2D eigenvalue weighted by Crippen LogP contribution is -2.23. The van der Waals surface area contributed by atoms with Crippen molar-refractivity contribution in [3.63, 3.8) is 0 Å². The summed E-state index contributed by atoms with van der Waals surface area (Å²) in [6.07, 6.45) is 0. The van der Waals surface area contributed by atoms with Gasteiger partial charge in [-0.2, -0.15) is 0 Å². The van der Waals surface area contributed by atoms with Crippen LogP contribution in [-0.4, -0.2) is 0 Å². The van der Waals surface area contributed by atoms with E-state index in [-0.39, 0.29) is 21.7 Å². The van der Waals surface area contributed by atoms with Crippen molar-refractivity contribution in [2.24, 2.45) is 0 Å². The molecule has 4 heteroatoms. The zero-order chi connectivity index (χ0) is 28.5. The molecule has 3 nitrogen and oxygen atoms in total. The van der Waals surface area contributed by atoms with Crippen LogP contribution >= 0.6 is 8.60 Å². The maximum absolute atomic E-state index is 6.77. The second-order valence-corrected chi connectivity index (χ2v) is 15.2. The first kappa shape index (κ1) is 30.0. The minimum absolute atomic E-state index is 0.0376. The molecule has 206 valence electrons. The minimum Gasteiger partial charge on any atom is -0.408 e. The lowest BCUT2D eigenvalue weighted by Gasteiger charge is -2.33. The van der Waals surface area contributed by atoms with E-state index in [1.54, 1.807) is 0 Å². The molecule has 0 aromatic heterocycles. The zero-order valence-electron chi connectivity index (χ0n) is 25.5. The van der Waals surface area contributed by atoms with Gasteiger partial charge in [-0.15, -0.1) is 0 Å². The standard InChI is InChI=1S/C34H47O3P/c1-31(2,3)24-18-13-15-21-27(24)35-38(36-28-22-16-14-19-25(28)32(4,5)6)37-29-23-17-20-26(33(7,8)9)30(29)34(10,11)12/h13-23H,1-12H3. The third-order valence-electron chi connectivity index (χ3n) is 6.49. The van der Waals surface area contributed by atoms with Crippen LogP contribution in [0.5, 0.6) is 17.2 Å². The molecule has 0 atom stereocenters. The molecule has 3 rings (SSSR count). The van der Waals surface area contributed by atoms with E-state index in [1.165, 1.54) is 11.1 Å². The number of hydrogen-bond donors (Lipinski definition) is 0. The molecular formula is C34H47O3P. The second kappa shape index (κ2) is 10.9. The Morgan fingerprint density at radius 3 is 1.13 bits per heavy atom. The van der Waals surface area contributed by atoms with Gasteiger partial charge in [0.25, 0.3) is 0 Å². The Hall–Kier alpha value is -2.51. The van der Waals surface area contributed by atoms with Crippen molar-refractivity contribution in [2.45, 2.75) is 105 Å². The van der Waals surface area contributed by atoms with E-state index in [0.717, 1.165) is 28.4 Å². The maximum Gasteiger partial charge on any atom is 0.530 e. The van der Waals surface area contributed by atoms with Crippen LogP contribution in [0.15, 0.2) is 66.7 Å². The smallest absolute Gasteiger partial charge is 0.408 e. The second-order valence-electron chi connectivity index (χ2n) is 14.2. The molecule has 0 aliphatic heterocycles. The van der Waals surface area contributed by atoms with Crippen molar-refractivity contribution in [3.05, 3.63) is 89.0 Å². The van der Waals surface area contributed by atoms with Crippen LogP contribution in [0.1, 0.15) is 105 Å². The predicted octanol–water partition coefficient (Wildman–Crippen LogP) is 10.6. The molecule has 38 heavy (non-hydrogen) atoms. The van der Waals surface area contributed by atoms with E-state index in [9.17, 15) is 0 Å². The summed E-state index contributed by atoms with van der Waals surface area (Å²) in [6.45, 7) is 26.6. The topological polar surface area (TPSA) is 27.7 Å². The predicted molar refractivity (Wildman–Crippen MR) is 163 cm³/mol. The van der Waals surface area contributed by atoms with Gasteiger partial charge < -0.3 is 13.6 Å². The summed E-state index contributed by atoms with van der Waals surface area (Å²) in [5.41, 5.74) is 4.32. The van der Waals surface area contributed by atoms with Gasteiger partial charge in [0.05, 0.1) is 0 Å². The van der Waals surface area contributed by atoms with E-state index in [4.69, 9.17) is 13.6 Å². The summed E-state index contributed by atoms with van der Waals surface area (Å²) in [7, 11) is -1.83. The summed E-state index contributed by atoms with van der Waals surface area (Å²) in [6, 6.07) is 22.7. The Morgan fingerprint density at radius 1 is 0.395 bits per heavy atom. The Balaban J connectivity index is 2.15. The highest BCUT2D eigenvalue weighted by molar-refractivity contribution is 7.43. The molecule has 0 aliphatic carbocycles. The van der Waals surface area contributed by atoms with Gasteiger partial charge in [0.1, 0.15) is 17.2 Å². The summed E-state index contributed by atoms with van der Waals surface area (Å²) in [5.74, 6) is 2.37. The summed E-state index contributed by atoms with van der Waals surface area (Å²) >= 11 is 0. The molecule has 0 spiro atoms. The molecule has 0 radical (unpaired) electrons. The fourth-order valence-corrected chi connectivity index (χ4v) is 5.70. The van der Waals surface area contributed by atoms with Crippen LogP contribution in [0.4, 0.5) is 0 Å². The van der Waals surface area contributed by atoms with Crippen molar-refractivity contribution in [3.8, 4) is 17.2 Å². The van der Waals surface area contributed by atoms with Crippen molar-refractivity contribution >= 4 is 8.60 Å². The molecule has 0 bridgehead atoms. The first-order valence-electron chi connectivity index (χ1n) is 13.6. The van der Waals surface area contributed by atoms with Crippen LogP contribution in [0.3, 0.4) is 0 Å². The Labute approximate surface area is 232 Å². The van der Waals surface area contributed by atoms with Gasteiger partial charge in [-0.3, -0.25) is 0 Å². The van der Waals surface area contributed by atoms with Gasteiger partial charge >= 0.3 is 8.60 Å². The average Bonchev–Trinajstić information content (AvgIpc) is 2.77. The monoisotopic (exact) mass is 534 g/mol. The molecule has 0 unspecified atom stereocenters. The normalized spacial score (nSPS) is 13.0. The summed E-state index contributed by atoms with van der Waals surface area (Å²) in [5, 5.41) is 0. The van der Waals surface area contributed by atoms with E-state index >= 15 is 0 Å². The van der Waals surface area contributed by atoms with Crippen molar-refractivity contribution in [1.82, 2.24) is 0 Å². The summed E-state index contributed by atoms with van der Waals surface area (Å²) < 4.78 is 20.1. The van der Waals surface area contributed by atoms with Gasteiger partial charge in [0, 0.05) is 16.7 Å². The lowest BCUT2D eigenvalue weighted by molar-refractivity contribution is 0.371. The van der Waals surface area contributed by atoms with E-state index in [2.05, 4.69) is 119 Å². The molecule has 0 saturated carbocycles. The van der Waals surface area contributed by atoms with Gasteiger partial charge in [-0.1, -0.05) is 132 Å². The van der Waals surface area contributed by atoms with E-state index in [1.807, 2.05) is 30.3 Å². The third kappa shape index (κ3) is 7.32. The third-order valence-corrected chi connectivity index (χ3v) is 7.53. The quantitative estimate of drug-likeness (QED) is 0.294. The average molecular weight is 535 g/mol. The number of rotatable bonds is 6. The molecule has 0 saturated heterocycles. The zero-order valence-corrected chi connectivity index (χ0v) is 26.4. The van der Waals surface area contributed by atoms with Crippen molar-refractivity contribution < 1.29 is 13.6 Å². The van der Waals surface area contributed by atoms with Crippen LogP contribution in [0.2, 0.25) is 0 Å². The number of para-hydroxylation sites is 2. The van der Waals surface area contributed by atoms with Crippen LogP contribution in [-0.2, 0) is 21.7 Å². The Morgan fingerprint density at radius 2 is 0.737 bits per heavy atom. The van der Waals surface area contributed by atoms with Crippen LogP contribution in [0, 0.1) is 0 Å². The molecule has 3 aromatic carbocycles. The highest BCUT2D eigenvalue weighted by Gasteiger charge is 2.33. The number of benzene rings is 3. The molecule has 0 N–H and O–H groups in total. The molecular weight excluding hydrogens is 487 g/mol. The number of hydrogen-bond acceptors (Lipinski definition) is 3. The SMILES string of the molecule is CC(C)(C)c1ccccc1OP(Oc1ccccc1C(C)(C)C)Oc1cccc(C(C)(C)C)c1C(C)(C)C. The molecule has 0 heterocycles.